The fourth-order valence-electron chi connectivity index (χ4n) is 11.6. The van der Waals surface area contributed by atoms with Gasteiger partial charge in [0.15, 0.2) is 0 Å². The lowest BCUT2D eigenvalue weighted by Crippen LogP contribution is -2.70. The van der Waals surface area contributed by atoms with E-state index in [1.165, 1.54) is 0 Å². The van der Waals surface area contributed by atoms with Crippen LogP contribution in [0.25, 0.3) is 30.0 Å². The van der Waals surface area contributed by atoms with Crippen molar-refractivity contribution in [1.29, 1.82) is 0 Å². The Bertz CT molecular complexity index is 3430. The molecule has 11 rings (SSSR count). The Hall–Kier alpha value is -5.10. The lowest BCUT2D eigenvalue weighted by Gasteiger charge is -2.38. The van der Waals surface area contributed by atoms with Crippen molar-refractivity contribution in [3.63, 3.8) is 0 Å². The molecule has 69 heavy (non-hydrogen) atoms. The van der Waals surface area contributed by atoms with Crippen molar-refractivity contribution in [1.82, 2.24) is 14.6 Å². The number of hydrogen-bond donors (Lipinski definition) is 3. The van der Waals surface area contributed by atoms with Gasteiger partial charge in [-0.1, -0.05) is 70.3 Å². The van der Waals surface area contributed by atoms with E-state index in [2.05, 4.69) is 155 Å². The summed E-state index contributed by atoms with van der Waals surface area (Å²) in [5.74, 6) is -3.28. The second kappa shape index (κ2) is 17.3. The van der Waals surface area contributed by atoms with E-state index in [0.29, 0.717) is 12.8 Å². The number of rotatable bonds is 16. The quantitative estimate of drug-likeness (QED) is 0.0827. The van der Waals surface area contributed by atoms with E-state index >= 15 is 0 Å². The molecule has 0 bridgehead atoms. The topological polar surface area (TPSA) is 152 Å². The van der Waals surface area contributed by atoms with Crippen molar-refractivity contribution < 1.29 is 44.1 Å². The molecule has 2 atom stereocenters. The van der Waals surface area contributed by atoms with Crippen LogP contribution in [0.3, 0.4) is 0 Å². The van der Waals surface area contributed by atoms with Gasteiger partial charge >= 0.3 is 84.3 Å². The third kappa shape index (κ3) is 6.61. The molecule has 1 spiro atoms. The molecule has 0 fully saturated rings. The fourth-order valence-corrected chi connectivity index (χ4v) is 12.7. The molecule has 334 valence electrons. The molecule has 3 N–H and O–H groups in total. The summed E-state index contributed by atoms with van der Waals surface area (Å²) in [5, 5.41) is 27.4. The number of benzene rings is 2. The van der Waals surface area contributed by atoms with E-state index in [1.54, 1.807) is 0 Å². The Morgan fingerprint density at radius 2 is 1.33 bits per heavy atom. The van der Waals surface area contributed by atoms with Gasteiger partial charge in [0.1, 0.15) is 12.6 Å². The molecule has 0 saturated heterocycles. The van der Waals surface area contributed by atoms with Gasteiger partial charge in [-0.25, -0.2) is 0 Å². The zero-order valence-corrected chi connectivity index (χ0v) is 42.9. The standard InChI is InChI=1S/C51H41N6O8.4Al/c1-6-32-24(2)37-20-38-25(3)33(15-17-45(58)59)42-23-43-34(16-18-46(60)61)26(4)39-22-44-47(27(5)40-21-41(32)54(37)51(55(38)42,56(39)43)57(40)44)35-19-36(28-7-11-30(12-8-28)49(62)63)52-53-48(35)29-9-13-31(14-10-29)50(64)65;;;;/h6-14,19-23,35,49-50H,1,15-18H2,2-5H3,(H2,58,59,60,61);;;;/q-3;4*+1/p+1. The van der Waals surface area contributed by atoms with Crippen LogP contribution in [0, 0.1) is 13.8 Å². The third-order valence-electron chi connectivity index (χ3n) is 14.7. The van der Waals surface area contributed by atoms with Crippen molar-refractivity contribution in [3.05, 3.63) is 168 Å². The predicted octanol–water partition coefficient (Wildman–Crippen LogP) is 4.68. The summed E-state index contributed by atoms with van der Waals surface area (Å²) >= 11 is 9.06. The first kappa shape index (κ1) is 46.3. The van der Waals surface area contributed by atoms with Crippen LogP contribution in [-0.4, -0.2) is 124 Å². The summed E-state index contributed by atoms with van der Waals surface area (Å²) in [6.07, 6.45) is 12.5. The average Bonchev–Trinajstić information content (AvgIpc) is 4.00. The Labute approximate surface area is 431 Å². The van der Waals surface area contributed by atoms with Gasteiger partial charge in [0.2, 0.25) is 22.8 Å². The Morgan fingerprint density at radius 3 is 1.93 bits per heavy atom. The molecule has 0 saturated carbocycles. The Kier molecular flexibility index (Phi) is 11.6. The number of carbonyl (C=O) groups is 2. The van der Waals surface area contributed by atoms with Crippen LogP contribution in [-0.2, 0) is 30.7 Å². The maximum atomic E-state index is 12.3. The van der Waals surface area contributed by atoms with Gasteiger partial charge in [-0.3, -0.25) is 15.0 Å². The van der Waals surface area contributed by atoms with E-state index in [1.807, 2.05) is 54.6 Å². The number of allylic oxidation sites excluding steroid dienone is 6. The molecular formula is C51H42Al4N6O8+2. The highest BCUT2D eigenvalue weighted by Gasteiger charge is 2.73. The van der Waals surface area contributed by atoms with Crippen molar-refractivity contribution in [2.24, 2.45) is 5.10 Å². The summed E-state index contributed by atoms with van der Waals surface area (Å²) in [4.78, 5) is 24.6. The van der Waals surface area contributed by atoms with Crippen LogP contribution >= 0.6 is 0 Å². The molecule has 2 aromatic heterocycles. The summed E-state index contributed by atoms with van der Waals surface area (Å²) in [6.45, 7) is 12.9. The van der Waals surface area contributed by atoms with Gasteiger partial charge in [0.25, 0.3) is 0 Å². The zero-order chi connectivity index (χ0) is 48.4. The largest absolute Gasteiger partial charge is 0.553 e. The molecule has 7 aliphatic rings. The smallest absolute Gasteiger partial charge is 0.494 e. The van der Waals surface area contributed by atoms with Crippen LogP contribution in [0.4, 0.5) is 0 Å². The molecule has 9 heterocycles. The van der Waals surface area contributed by atoms with Crippen LogP contribution in [0.5, 0.6) is 0 Å². The first-order valence-corrected chi connectivity index (χ1v) is 24.3. The SMILES string of the molecule is C=Cc1c(C)c2n3c1C=c1c(C)c(C4C=C(c5ccc(C([O][Al])[O][Al])cc5)NN=C4c4ccc(C([O][Al])[O][Al])cc4)c4n1C31[N+]3=C(C=4)C(C)=C(CCC(=O)O)C3=CC3=[N+]1C(=C2)C(C)=C3CCC(=O)O. The van der Waals surface area contributed by atoms with E-state index in [0.717, 1.165) is 123 Å². The molecule has 18 heteroatoms. The van der Waals surface area contributed by atoms with Gasteiger partial charge < -0.3 is 25.4 Å². The molecule has 2 unspecified atom stereocenters. The van der Waals surface area contributed by atoms with Crippen LogP contribution < -0.4 is 16.1 Å². The number of nitrogens with one attached hydrogen (secondary N) is 1. The van der Waals surface area contributed by atoms with Crippen LogP contribution in [0.15, 0.2) is 106 Å². The minimum Gasteiger partial charge on any atom is -0.494 e. The number of hydrogen-bond acceptors (Lipinski definition) is 8. The Balaban J connectivity index is 1.22. The maximum Gasteiger partial charge on any atom is 0.553 e. The second-order valence-electron chi connectivity index (χ2n) is 18.0. The van der Waals surface area contributed by atoms with Crippen LogP contribution in [0.1, 0.15) is 114 Å². The zero-order valence-electron chi connectivity index (χ0n) is 38.2. The van der Waals surface area contributed by atoms with Gasteiger partial charge in [-0.15, -0.1) is 0 Å². The van der Waals surface area contributed by atoms with E-state index in [9.17, 15) is 19.8 Å². The summed E-state index contributed by atoms with van der Waals surface area (Å²) in [5.41, 5.74) is 22.3. The van der Waals surface area contributed by atoms with Gasteiger partial charge in [0, 0.05) is 64.0 Å². The Morgan fingerprint density at radius 1 is 0.739 bits per heavy atom. The van der Waals surface area contributed by atoms with Gasteiger partial charge in [0.05, 0.1) is 45.5 Å². The molecule has 8 radical (unpaired) electrons. The van der Waals surface area contributed by atoms with E-state index in [4.69, 9.17) is 20.3 Å². The van der Waals surface area contributed by atoms with Crippen LogP contribution in [0.2, 0.25) is 0 Å². The molecule has 2 aromatic carbocycles. The molecule has 4 aromatic rings. The highest BCUT2D eigenvalue weighted by Crippen LogP contribution is 2.52. The molecular weight excluding hydrogens is 933 g/mol. The second-order valence-corrected chi connectivity index (χ2v) is 19.1. The van der Waals surface area contributed by atoms with Gasteiger partial charge in [-0.05, 0) is 80.5 Å². The maximum absolute atomic E-state index is 12.3. The molecule has 0 aliphatic carbocycles. The van der Waals surface area contributed by atoms with Crippen molar-refractivity contribution in [2.45, 2.75) is 77.8 Å². The summed E-state index contributed by atoms with van der Waals surface area (Å²) in [7, 11) is 0. The number of aromatic nitrogens is 2. The van der Waals surface area contributed by atoms with Crippen molar-refractivity contribution >= 4 is 126 Å². The number of carboxylic acids is 2. The number of carboxylic acid groups (broad SMARTS) is 2. The minimum absolute atomic E-state index is 0.0411. The van der Waals surface area contributed by atoms with E-state index < -0.39 is 36.3 Å². The monoisotopic (exact) mass is 974 g/mol. The fraction of sp³-hybridized carbons (Fsp3) is 0.235. The van der Waals surface area contributed by atoms with Crippen molar-refractivity contribution in [2.75, 3.05) is 0 Å². The minimum atomic E-state index is -1.12. The molecule has 0 amide bonds. The van der Waals surface area contributed by atoms with Crippen molar-refractivity contribution in [3.8, 4) is 0 Å². The van der Waals surface area contributed by atoms with Gasteiger partial charge in [-0.2, -0.15) is 14.2 Å². The first-order chi connectivity index (χ1) is 33.3. The third-order valence-corrected chi connectivity index (χ3v) is 15.7. The number of nitrogens with zero attached hydrogens (tertiary/aromatic N) is 5. The highest BCUT2D eigenvalue weighted by atomic mass is 27.1. The normalized spacial score (nSPS) is 20.1. The highest BCUT2D eigenvalue weighted by molar-refractivity contribution is 6.21. The summed E-state index contributed by atoms with van der Waals surface area (Å²) in [6, 6.07) is 16.0. The van der Waals surface area contributed by atoms with E-state index in [-0.39, 0.29) is 12.8 Å². The lowest BCUT2D eigenvalue weighted by molar-refractivity contribution is -0.837. The predicted molar refractivity (Wildman–Crippen MR) is 261 cm³/mol. The lowest BCUT2D eigenvalue weighted by atomic mass is 9.85. The number of aliphatic carboxylic acids is 2. The molecule has 7 aliphatic heterocycles. The average molecular weight is 975 g/mol. The number of hydrazone groups is 1. The first-order valence-electron chi connectivity index (χ1n) is 22.5. The molecule has 14 nitrogen and oxygen atoms in total. The summed E-state index contributed by atoms with van der Waals surface area (Å²) < 4.78 is 31.6.